The van der Waals surface area contributed by atoms with Crippen molar-refractivity contribution in [2.24, 2.45) is 0 Å². The zero-order chi connectivity index (χ0) is 13.2. The van der Waals surface area contributed by atoms with Crippen LogP contribution in [0.5, 0.6) is 0 Å². The minimum absolute atomic E-state index is 0.108. The Balaban J connectivity index is 2.08. The van der Waals surface area contributed by atoms with Crippen LogP contribution in [0.4, 0.5) is 0 Å². The Hall–Kier alpha value is -1.75. The summed E-state index contributed by atoms with van der Waals surface area (Å²) in [6, 6.07) is 3.52. The summed E-state index contributed by atoms with van der Waals surface area (Å²) in [6.45, 7) is 0. The normalized spacial score (nSPS) is 10.1. The average molecular weight is 250 g/mol. The van der Waals surface area contributed by atoms with Crippen molar-refractivity contribution in [1.29, 1.82) is 0 Å². The third kappa shape index (κ3) is 5.54. The predicted molar refractivity (Wildman–Crippen MR) is 66.2 cm³/mol. The van der Waals surface area contributed by atoms with E-state index in [1.165, 1.54) is 0 Å². The number of carbonyl (C=O) groups excluding carboxylic acids is 2. The second kappa shape index (κ2) is 8.36. The van der Waals surface area contributed by atoms with Crippen LogP contribution < -0.4 is 5.48 Å². The monoisotopic (exact) mass is 250 g/mol. The Kier molecular flexibility index (Phi) is 6.64. The van der Waals surface area contributed by atoms with Crippen molar-refractivity contribution in [2.75, 3.05) is 0 Å². The van der Waals surface area contributed by atoms with E-state index < -0.39 is 0 Å². The van der Waals surface area contributed by atoms with E-state index in [1.54, 1.807) is 30.0 Å². The van der Waals surface area contributed by atoms with E-state index in [0.29, 0.717) is 18.4 Å². The van der Waals surface area contributed by atoms with Crippen molar-refractivity contribution in [1.82, 2.24) is 10.5 Å². The molecule has 0 radical (unpaired) electrons. The van der Waals surface area contributed by atoms with Crippen molar-refractivity contribution >= 4 is 11.7 Å². The fraction of sp³-hybridized carbons (Fsp3) is 0.462. The molecule has 0 saturated carbocycles. The van der Waals surface area contributed by atoms with Crippen LogP contribution in [-0.4, -0.2) is 21.9 Å². The molecule has 0 aliphatic carbocycles. The molecule has 18 heavy (non-hydrogen) atoms. The zero-order valence-electron chi connectivity index (χ0n) is 10.3. The summed E-state index contributed by atoms with van der Waals surface area (Å²) < 4.78 is 0. The highest BCUT2D eigenvalue weighted by Crippen LogP contribution is 2.09. The van der Waals surface area contributed by atoms with Crippen LogP contribution in [0.3, 0.4) is 0 Å². The molecule has 0 aliphatic rings. The number of nitrogens with zero attached hydrogens (tertiary/aromatic N) is 1. The number of rotatable bonds is 8. The van der Waals surface area contributed by atoms with E-state index in [2.05, 4.69) is 4.98 Å². The van der Waals surface area contributed by atoms with Gasteiger partial charge < -0.3 is 0 Å². The average Bonchev–Trinajstić information content (AvgIpc) is 2.43. The number of hydroxylamine groups is 1. The molecule has 0 saturated heterocycles. The van der Waals surface area contributed by atoms with Gasteiger partial charge in [-0.2, -0.15) is 0 Å². The summed E-state index contributed by atoms with van der Waals surface area (Å²) in [5.41, 5.74) is 2.25. The predicted octanol–water partition coefficient (Wildman–Crippen LogP) is 2.11. The van der Waals surface area contributed by atoms with Crippen LogP contribution in [0.2, 0.25) is 0 Å². The lowest BCUT2D eigenvalue weighted by molar-refractivity contribution is -0.129. The second-order valence-corrected chi connectivity index (χ2v) is 4.11. The van der Waals surface area contributed by atoms with Crippen molar-refractivity contribution in [3.8, 4) is 0 Å². The van der Waals surface area contributed by atoms with Gasteiger partial charge in [0, 0.05) is 30.8 Å². The molecule has 0 unspecified atom stereocenters. The number of pyridine rings is 1. The van der Waals surface area contributed by atoms with Crippen LogP contribution in [0, 0.1) is 0 Å². The topological polar surface area (TPSA) is 79.3 Å². The Morgan fingerprint density at radius 1 is 1.17 bits per heavy atom. The lowest BCUT2D eigenvalue weighted by Gasteiger charge is -2.01. The molecule has 2 N–H and O–H groups in total. The summed E-state index contributed by atoms with van der Waals surface area (Å²) in [4.78, 5) is 26.3. The number of unbranched alkanes of at least 4 members (excludes halogenated alkanes) is 3. The summed E-state index contributed by atoms with van der Waals surface area (Å²) in [6.07, 6.45) is 7.39. The van der Waals surface area contributed by atoms with Gasteiger partial charge in [-0.25, -0.2) is 5.48 Å². The number of carbonyl (C=O) groups is 2. The molecule has 0 aromatic carbocycles. The van der Waals surface area contributed by atoms with E-state index in [0.717, 1.165) is 25.7 Å². The van der Waals surface area contributed by atoms with Gasteiger partial charge in [-0.3, -0.25) is 19.8 Å². The minimum atomic E-state index is -0.360. The minimum Gasteiger partial charge on any atom is -0.294 e. The molecule has 0 atom stereocenters. The van der Waals surface area contributed by atoms with E-state index in [9.17, 15) is 9.59 Å². The van der Waals surface area contributed by atoms with Gasteiger partial charge in [-0.05, 0) is 25.0 Å². The van der Waals surface area contributed by atoms with Crippen molar-refractivity contribution in [3.05, 3.63) is 30.1 Å². The molecule has 1 rings (SSSR count). The fourth-order valence-corrected chi connectivity index (χ4v) is 1.65. The second-order valence-electron chi connectivity index (χ2n) is 4.11. The Morgan fingerprint density at radius 2 is 1.89 bits per heavy atom. The number of ketones is 1. The molecule has 1 amide bonds. The van der Waals surface area contributed by atoms with Crippen LogP contribution in [-0.2, 0) is 4.79 Å². The maximum atomic E-state index is 11.7. The molecular weight excluding hydrogens is 232 g/mol. The first kappa shape index (κ1) is 14.3. The summed E-state index contributed by atoms with van der Waals surface area (Å²) in [7, 11) is 0. The highest BCUT2D eigenvalue weighted by Gasteiger charge is 2.05. The number of amides is 1. The number of hydrogen-bond donors (Lipinski definition) is 2. The highest BCUT2D eigenvalue weighted by atomic mass is 16.5. The fourth-order valence-electron chi connectivity index (χ4n) is 1.65. The van der Waals surface area contributed by atoms with Gasteiger partial charge in [0.2, 0.25) is 5.91 Å². The number of aromatic nitrogens is 1. The number of hydrogen-bond acceptors (Lipinski definition) is 4. The first-order valence-corrected chi connectivity index (χ1v) is 6.10. The van der Waals surface area contributed by atoms with Crippen molar-refractivity contribution in [2.45, 2.75) is 38.5 Å². The smallest absolute Gasteiger partial charge is 0.243 e. The molecular formula is C13H18N2O3. The Labute approximate surface area is 106 Å². The molecule has 5 nitrogen and oxygen atoms in total. The van der Waals surface area contributed by atoms with Crippen LogP contribution in [0.15, 0.2) is 24.5 Å². The van der Waals surface area contributed by atoms with Crippen LogP contribution in [0.1, 0.15) is 48.9 Å². The molecule has 1 aromatic rings. The van der Waals surface area contributed by atoms with Gasteiger partial charge in [0.05, 0.1) is 0 Å². The van der Waals surface area contributed by atoms with Crippen molar-refractivity contribution in [3.63, 3.8) is 0 Å². The summed E-state index contributed by atoms with van der Waals surface area (Å²) in [5, 5.41) is 8.29. The Morgan fingerprint density at radius 3 is 2.50 bits per heavy atom. The van der Waals surface area contributed by atoms with Crippen molar-refractivity contribution < 1.29 is 14.8 Å². The highest BCUT2D eigenvalue weighted by molar-refractivity contribution is 5.95. The molecule has 1 heterocycles. The van der Waals surface area contributed by atoms with Gasteiger partial charge in [-0.15, -0.1) is 0 Å². The first-order chi connectivity index (χ1) is 8.74. The van der Waals surface area contributed by atoms with E-state index >= 15 is 0 Å². The largest absolute Gasteiger partial charge is 0.294 e. The van der Waals surface area contributed by atoms with E-state index in [4.69, 9.17) is 5.21 Å². The SMILES string of the molecule is O=C(CCCCCCC(=O)c1cccnc1)NO. The van der Waals surface area contributed by atoms with Gasteiger partial charge in [-0.1, -0.05) is 12.8 Å². The van der Waals surface area contributed by atoms with E-state index in [1.807, 2.05) is 0 Å². The maximum Gasteiger partial charge on any atom is 0.243 e. The zero-order valence-corrected chi connectivity index (χ0v) is 10.3. The molecule has 98 valence electrons. The molecule has 5 heteroatoms. The molecule has 0 aliphatic heterocycles. The number of nitrogens with one attached hydrogen (secondary N) is 1. The van der Waals surface area contributed by atoms with E-state index in [-0.39, 0.29) is 11.7 Å². The van der Waals surface area contributed by atoms with Crippen LogP contribution in [0.25, 0.3) is 0 Å². The van der Waals surface area contributed by atoms with Gasteiger partial charge in [0.15, 0.2) is 5.78 Å². The standard InChI is InChI=1S/C13H18N2O3/c16-12(11-6-5-9-14-10-11)7-3-1-2-4-8-13(17)15-18/h5-6,9-10,18H,1-4,7-8H2,(H,15,17). The van der Waals surface area contributed by atoms with Crippen LogP contribution >= 0.6 is 0 Å². The first-order valence-electron chi connectivity index (χ1n) is 6.10. The lowest BCUT2D eigenvalue weighted by atomic mass is 10.0. The van der Waals surface area contributed by atoms with Gasteiger partial charge in [0.25, 0.3) is 0 Å². The lowest BCUT2D eigenvalue weighted by Crippen LogP contribution is -2.17. The third-order valence-electron chi connectivity index (χ3n) is 2.67. The Bertz CT molecular complexity index is 379. The quantitative estimate of drug-likeness (QED) is 0.320. The summed E-state index contributed by atoms with van der Waals surface area (Å²) in [5.74, 6) is -0.252. The molecule has 1 aromatic heterocycles. The summed E-state index contributed by atoms with van der Waals surface area (Å²) >= 11 is 0. The van der Waals surface area contributed by atoms with Gasteiger partial charge >= 0.3 is 0 Å². The molecule has 0 fully saturated rings. The molecule has 0 bridgehead atoms. The third-order valence-corrected chi connectivity index (χ3v) is 2.67. The number of Topliss-reactive ketones (excluding diaryl/α,β-unsaturated/α-hetero) is 1. The maximum absolute atomic E-state index is 11.7. The molecule has 0 spiro atoms. The van der Waals surface area contributed by atoms with Gasteiger partial charge in [0.1, 0.15) is 0 Å².